The lowest BCUT2D eigenvalue weighted by Gasteiger charge is -2.19. The van der Waals surface area contributed by atoms with Gasteiger partial charge >= 0.3 is 0 Å². The third-order valence-corrected chi connectivity index (χ3v) is 5.07. The van der Waals surface area contributed by atoms with E-state index in [2.05, 4.69) is 5.32 Å². The topological polar surface area (TPSA) is 66.5 Å². The second kappa shape index (κ2) is 7.60. The van der Waals surface area contributed by atoms with E-state index in [9.17, 15) is 14.4 Å². The van der Waals surface area contributed by atoms with Gasteiger partial charge in [-0.2, -0.15) is 0 Å². The molecular weight excluding hydrogens is 304 g/mol. The molecule has 2 fully saturated rings. The van der Waals surface area contributed by atoms with Gasteiger partial charge in [-0.25, -0.2) is 0 Å². The van der Waals surface area contributed by atoms with Crippen LogP contribution in [-0.4, -0.2) is 35.7 Å². The standard InChI is InChI=1S/C19H24N2O3/c22-17(20-12-10-14-6-2-1-3-7-14)11-13-21-18(23)15-8-4-5-9-16(15)19(21)24/h1-3,6-7,15-16H,4-5,8-13H2,(H,20,22)/t15-,16+. The number of nitrogens with one attached hydrogen (secondary N) is 1. The fraction of sp³-hybridized carbons (Fsp3) is 0.526. The monoisotopic (exact) mass is 328 g/mol. The van der Waals surface area contributed by atoms with E-state index in [4.69, 9.17) is 0 Å². The highest BCUT2D eigenvalue weighted by atomic mass is 16.2. The van der Waals surface area contributed by atoms with E-state index < -0.39 is 0 Å². The summed E-state index contributed by atoms with van der Waals surface area (Å²) in [6.45, 7) is 0.776. The molecule has 1 aromatic rings. The average molecular weight is 328 g/mol. The summed E-state index contributed by atoms with van der Waals surface area (Å²) in [5.41, 5.74) is 1.17. The first kappa shape index (κ1) is 16.7. The van der Waals surface area contributed by atoms with Crippen molar-refractivity contribution in [2.24, 2.45) is 11.8 Å². The second-order valence-corrected chi connectivity index (χ2v) is 6.66. The first-order valence-electron chi connectivity index (χ1n) is 8.82. The number of hydrogen-bond acceptors (Lipinski definition) is 3. The Hall–Kier alpha value is -2.17. The Bertz CT molecular complexity index is 590. The molecule has 0 aromatic heterocycles. The van der Waals surface area contributed by atoms with Crippen molar-refractivity contribution in [3.05, 3.63) is 35.9 Å². The number of imide groups is 1. The lowest BCUT2D eigenvalue weighted by Crippen LogP contribution is -2.35. The molecule has 2 aliphatic rings. The quantitative estimate of drug-likeness (QED) is 0.811. The number of hydrogen-bond donors (Lipinski definition) is 1. The van der Waals surface area contributed by atoms with E-state index in [1.54, 1.807) is 0 Å². The van der Waals surface area contributed by atoms with Crippen LogP contribution in [0.3, 0.4) is 0 Å². The fourth-order valence-corrected chi connectivity index (χ4v) is 3.74. The lowest BCUT2D eigenvalue weighted by molar-refractivity contribution is -0.140. The maximum absolute atomic E-state index is 12.3. The molecule has 1 aliphatic carbocycles. The van der Waals surface area contributed by atoms with E-state index in [-0.39, 0.29) is 42.5 Å². The Balaban J connectivity index is 1.42. The van der Waals surface area contributed by atoms with Gasteiger partial charge in [0.15, 0.2) is 0 Å². The molecular formula is C19H24N2O3. The van der Waals surface area contributed by atoms with Crippen molar-refractivity contribution in [1.29, 1.82) is 0 Å². The molecule has 0 bridgehead atoms. The van der Waals surface area contributed by atoms with Crippen LogP contribution in [0.25, 0.3) is 0 Å². The van der Waals surface area contributed by atoms with E-state index in [0.717, 1.165) is 32.1 Å². The molecule has 3 rings (SSSR count). The van der Waals surface area contributed by atoms with Crippen LogP contribution in [0.2, 0.25) is 0 Å². The van der Waals surface area contributed by atoms with Crippen LogP contribution in [0.5, 0.6) is 0 Å². The molecule has 2 atom stereocenters. The Morgan fingerprint density at radius 2 is 1.67 bits per heavy atom. The molecule has 1 saturated heterocycles. The predicted octanol–water partition coefficient (Wildman–Crippen LogP) is 1.91. The average Bonchev–Trinajstić information content (AvgIpc) is 2.85. The van der Waals surface area contributed by atoms with Gasteiger partial charge in [0.25, 0.3) is 0 Å². The SMILES string of the molecule is O=C(CCN1C(=O)[C@H]2CCCC[C@H]2C1=O)NCCc1ccccc1. The van der Waals surface area contributed by atoms with Gasteiger partial charge in [0.05, 0.1) is 11.8 Å². The number of carbonyl (C=O) groups is 3. The third kappa shape index (κ3) is 3.66. The maximum atomic E-state index is 12.3. The molecule has 5 nitrogen and oxygen atoms in total. The maximum Gasteiger partial charge on any atom is 0.233 e. The molecule has 3 amide bonds. The Morgan fingerprint density at radius 3 is 2.29 bits per heavy atom. The Kier molecular flexibility index (Phi) is 5.28. The summed E-state index contributed by atoms with van der Waals surface area (Å²) in [5, 5.41) is 2.86. The zero-order valence-corrected chi connectivity index (χ0v) is 13.9. The van der Waals surface area contributed by atoms with E-state index in [1.165, 1.54) is 10.5 Å². The van der Waals surface area contributed by atoms with Crippen molar-refractivity contribution in [2.45, 2.75) is 38.5 Å². The number of carbonyl (C=O) groups excluding carboxylic acids is 3. The van der Waals surface area contributed by atoms with E-state index in [0.29, 0.717) is 6.54 Å². The summed E-state index contributed by atoms with van der Waals surface area (Å²) in [5.74, 6) is -0.509. The number of benzene rings is 1. The van der Waals surface area contributed by atoms with Crippen molar-refractivity contribution in [2.75, 3.05) is 13.1 Å². The minimum Gasteiger partial charge on any atom is -0.356 e. The smallest absolute Gasteiger partial charge is 0.233 e. The Labute approximate surface area is 142 Å². The minimum absolute atomic E-state index is 0.0678. The number of amides is 3. The lowest BCUT2D eigenvalue weighted by atomic mass is 9.81. The van der Waals surface area contributed by atoms with Crippen LogP contribution < -0.4 is 5.32 Å². The Morgan fingerprint density at radius 1 is 1.04 bits per heavy atom. The van der Waals surface area contributed by atoms with Gasteiger partial charge in [0, 0.05) is 19.5 Å². The zero-order chi connectivity index (χ0) is 16.9. The number of fused-ring (bicyclic) bond motifs is 1. The second-order valence-electron chi connectivity index (χ2n) is 6.66. The van der Waals surface area contributed by atoms with Crippen LogP contribution in [0.15, 0.2) is 30.3 Å². The largest absolute Gasteiger partial charge is 0.356 e. The molecule has 1 heterocycles. The summed E-state index contributed by atoms with van der Waals surface area (Å²) < 4.78 is 0. The third-order valence-electron chi connectivity index (χ3n) is 5.07. The molecule has 0 unspecified atom stereocenters. The fourth-order valence-electron chi connectivity index (χ4n) is 3.74. The summed E-state index contributed by atoms with van der Waals surface area (Å²) in [6, 6.07) is 9.96. The van der Waals surface area contributed by atoms with Crippen molar-refractivity contribution >= 4 is 17.7 Å². The van der Waals surface area contributed by atoms with Crippen LogP contribution in [0.4, 0.5) is 0 Å². The van der Waals surface area contributed by atoms with Crippen molar-refractivity contribution in [3.8, 4) is 0 Å². The normalized spacial score (nSPS) is 23.2. The summed E-state index contributed by atoms with van der Waals surface area (Å²) in [7, 11) is 0. The number of nitrogens with zero attached hydrogens (tertiary/aromatic N) is 1. The van der Waals surface area contributed by atoms with Crippen LogP contribution in [0.1, 0.15) is 37.7 Å². The van der Waals surface area contributed by atoms with Gasteiger partial charge in [-0.15, -0.1) is 0 Å². The van der Waals surface area contributed by atoms with Gasteiger partial charge in [-0.05, 0) is 24.8 Å². The summed E-state index contributed by atoms with van der Waals surface area (Å²) >= 11 is 0. The van der Waals surface area contributed by atoms with Gasteiger partial charge in [0.2, 0.25) is 17.7 Å². The highest BCUT2D eigenvalue weighted by Gasteiger charge is 2.47. The molecule has 1 aromatic carbocycles. The first-order chi connectivity index (χ1) is 11.7. The number of likely N-dealkylation sites (tertiary alicyclic amines) is 1. The van der Waals surface area contributed by atoms with Gasteiger partial charge in [-0.3, -0.25) is 19.3 Å². The van der Waals surface area contributed by atoms with Gasteiger partial charge < -0.3 is 5.32 Å². The van der Waals surface area contributed by atoms with E-state index >= 15 is 0 Å². The van der Waals surface area contributed by atoms with Gasteiger partial charge in [-0.1, -0.05) is 43.2 Å². The molecule has 0 radical (unpaired) electrons. The number of rotatable bonds is 6. The van der Waals surface area contributed by atoms with Crippen LogP contribution in [-0.2, 0) is 20.8 Å². The molecule has 24 heavy (non-hydrogen) atoms. The molecule has 1 saturated carbocycles. The summed E-state index contributed by atoms with van der Waals surface area (Å²) in [4.78, 5) is 37.9. The first-order valence-corrected chi connectivity index (χ1v) is 8.82. The zero-order valence-electron chi connectivity index (χ0n) is 13.9. The predicted molar refractivity (Wildman–Crippen MR) is 89.9 cm³/mol. The van der Waals surface area contributed by atoms with Gasteiger partial charge in [0.1, 0.15) is 0 Å². The molecule has 0 spiro atoms. The highest BCUT2D eigenvalue weighted by molar-refractivity contribution is 6.05. The molecule has 1 N–H and O–H groups in total. The minimum atomic E-state index is -0.132. The molecule has 5 heteroatoms. The highest BCUT2D eigenvalue weighted by Crippen LogP contribution is 2.37. The molecule has 128 valence electrons. The van der Waals surface area contributed by atoms with Crippen LogP contribution in [0, 0.1) is 11.8 Å². The van der Waals surface area contributed by atoms with Crippen LogP contribution >= 0.6 is 0 Å². The van der Waals surface area contributed by atoms with Crippen molar-refractivity contribution < 1.29 is 14.4 Å². The summed E-state index contributed by atoms with van der Waals surface area (Å²) in [6.07, 6.45) is 4.63. The van der Waals surface area contributed by atoms with E-state index in [1.807, 2.05) is 30.3 Å². The van der Waals surface area contributed by atoms with Crippen molar-refractivity contribution in [3.63, 3.8) is 0 Å². The molecule has 1 aliphatic heterocycles. The van der Waals surface area contributed by atoms with Crippen molar-refractivity contribution in [1.82, 2.24) is 10.2 Å².